The largest absolute Gasteiger partial charge is 0.459 e. The van der Waals surface area contributed by atoms with Gasteiger partial charge in [-0.3, -0.25) is 14.3 Å². The first-order valence-corrected chi connectivity index (χ1v) is 8.30. The molecule has 2 aromatic heterocycles. The molecular weight excluding hydrogens is 332 g/mol. The molecule has 0 aliphatic rings. The van der Waals surface area contributed by atoms with Crippen LogP contribution in [0.15, 0.2) is 59.2 Å². The van der Waals surface area contributed by atoms with E-state index in [1.807, 2.05) is 37.3 Å². The summed E-state index contributed by atoms with van der Waals surface area (Å²) < 4.78 is 6.53. The van der Waals surface area contributed by atoms with Crippen molar-refractivity contribution in [2.75, 3.05) is 11.9 Å². The van der Waals surface area contributed by atoms with E-state index in [1.54, 1.807) is 30.1 Å². The van der Waals surface area contributed by atoms with Crippen molar-refractivity contribution in [3.8, 4) is 0 Å². The number of rotatable bonds is 6. The number of benzene rings is 1. The van der Waals surface area contributed by atoms with E-state index < -0.39 is 5.91 Å². The summed E-state index contributed by atoms with van der Waals surface area (Å²) in [7, 11) is 1.67. The second kappa shape index (κ2) is 7.69. The van der Waals surface area contributed by atoms with Gasteiger partial charge in [-0.1, -0.05) is 30.3 Å². The Morgan fingerprint density at radius 3 is 2.62 bits per heavy atom. The number of aromatic nitrogens is 2. The number of aryl methyl sites for hydroxylation is 1. The number of nitrogens with one attached hydrogen (secondary N) is 1. The minimum Gasteiger partial charge on any atom is -0.459 e. The van der Waals surface area contributed by atoms with Gasteiger partial charge in [0.2, 0.25) is 0 Å². The third-order valence-electron chi connectivity index (χ3n) is 3.97. The van der Waals surface area contributed by atoms with Gasteiger partial charge in [0.25, 0.3) is 11.8 Å². The van der Waals surface area contributed by atoms with E-state index in [2.05, 4.69) is 10.4 Å². The maximum Gasteiger partial charge on any atom is 0.292 e. The van der Waals surface area contributed by atoms with Crippen molar-refractivity contribution < 1.29 is 14.0 Å². The molecule has 0 aliphatic heterocycles. The van der Waals surface area contributed by atoms with Gasteiger partial charge in [-0.15, -0.1) is 0 Å². The fourth-order valence-electron chi connectivity index (χ4n) is 2.57. The number of carbonyl (C=O) groups excluding carboxylic acids is 2. The lowest BCUT2D eigenvalue weighted by molar-refractivity contribution is 0.0745. The summed E-state index contributed by atoms with van der Waals surface area (Å²) in [6.45, 7) is 2.97. The summed E-state index contributed by atoms with van der Waals surface area (Å²) in [4.78, 5) is 26.6. The van der Waals surface area contributed by atoms with Crippen LogP contribution in [0.5, 0.6) is 0 Å². The van der Waals surface area contributed by atoms with Crippen molar-refractivity contribution in [1.82, 2.24) is 14.7 Å². The van der Waals surface area contributed by atoms with Crippen LogP contribution in [0.1, 0.15) is 33.5 Å². The van der Waals surface area contributed by atoms with Gasteiger partial charge < -0.3 is 14.6 Å². The highest BCUT2D eigenvalue weighted by Crippen LogP contribution is 2.15. The van der Waals surface area contributed by atoms with Crippen molar-refractivity contribution in [2.45, 2.75) is 13.5 Å². The first kappa shape index (κ1) is 17.5. The van der Waals surface area contributed by atoms with Gasteiger partial charge in [-0.25, -0.2) is 0 Å². The number of amides is 2. The molecule has 0 atom stereocenters. The highest BCUT2D eigenvalue weighted by molar-refractivity contribution is 6.02. The van der Waals surface area contributed by atoms with Gasteiger partial charge >= 0.3 is 0 Å². The van der Waals surface area contributed by atoms with Crippen LogP contribution in [0.25, 0.3) is 0 Å². The molecule has 26 heavy (non-hydrogen) atoms. The maximum absolute atomic E-state index is 12.8. The first-order chi connectivity index (χ1) is 12.6. The summed E-state index contributed by atoms with van der Waals surface area (Å²) in [5.74, 6) is 0.0305. The smallest absolute Gasteiger partial charge is 0.292 e. The van der Waals surface area contributed by atoms with E-state index in [9.17, 15) is 9.59 Å². The summed E-state index contributed by atoms with van der Waals surface area (Å²) >= 11 is 0. The molecule has 1 aromatic carbocycles. The topological polar surface area (TPSA) is 80.4 Å². The van der Waals surface area contributed by atoms with E-state index in [1.165, 1.54) is 10.9 Å². The molecule has 0 aliphatic carbocycles. The zero-order valence-corrected chi connectivity index (χ0v) is 14.7. The number of hydrogen-bond donors (Lipinski definition) is 1. The lowest BCUT2D eigenvalue weighted by atomic mass is 10.2. The van der Waals surface area contributed by atoms with Gasteiger partial charge in [0, 0.05) is 26.2 Å². The van der Waals surface area contributed by atoms with Crippen molar-refractivity contribution in [3.05, 3.63) is 71.8 Å². The Balaban J connectivity index is 1.74. The van der Waals surface area contributed by atoms with E-state index in [4.69, 9.17) is 4.42 Å². The Bertz CT molecular complexity index is 885. The van der Waals surface area contributed by atoms with Crippen LogP contribution in [-0.4, -0.2) is 33.0 Å². The quantitative estimate of drug-likeness (QED) is 0.740. The Hall–Kier alpha value is -3.35. The number of anilines is 1. The van der Waals surface area contributed by atoms with Gasteiger partial charge in [0.1, 0.15) is 5.82 Å². The van der Waals surface area contributed by atoms with E-state index in [-0.39, 0.29) is 17.4 Å². The monoisotopic (exact) mass is 352 g/mol. The molecule has 3 rings (SSSR count). The van der Waals surface area contributed by atoms with Crippen LogP contribution in [0, 0.1) is 0 Å². The molecular formula is C19H20N4O3. The van der Waals surface area contributed by atoms with Crippen LogP contribution in [0.3, 0.4) is 0 Å². The Morgan fingerprint density at radius 2 is 1.96 bits per heavy atom. The average molecular weight is 352 g/mol. The normalized spacial score (nSPS) is 10.5. The zero-order valence-electron chi connectivity index (χ0n) is 14.7. The number of carbonyl (C=O) groups is 2. The lowest BCUT2D eigenvalue weighted by Gasteiger charge is -2.19. The van der Waals surface area contributed by atoms with Gasteiger partial charge in [-0.2, -0.15) is 5.10 Å². The summed E-state index contributed by atoms with van der Waals surface area (Å²) in [5, 5.41) is 6.93. The lowest BCUT2D eigenvalue weighted by Crippen LogP contribution is -2.30. The molecule has 3 aromatic rings. The molecule has 0 saturated heterocycles. The SMILES string of the molecule is CCN(Cc1ccccc1)C(=O)c1cc(NC(=O)c2ccco2)n(C)n1. The Labute approximate surface area is 151 Å². The van der Waals surface area contributed by atoms with Crippen LogP contribution in [0.2, 0.25) is 0 Å². The predicted octanol–water partition coefficient (Wildman–Crippen LogP) is 2.93. The fraction of sp³-hybridized carbons (Fsp3) is 0.211. The Morgan fingerprint density at radius 1 is 1.19 bits per heavy atom. The third kappa shape index (κ3) is 3.83. The maximum atomic E-state index is 12.8. The van der Waals surface area contributed by atoms with Crippen LogP contribution in [-0.2, 0) is 13.6 Å². The number of hydrogen-bond acceptors (Lipinski definition) is 4. The molecule has 0 spiro atoms. The van der Waals surface area contributed by atoms with Crippen molar-refractivity contribution in [1.29, 1.82) is 0 Å². The highest BCUT2D eigenvalue weighted by Gasteiger charge is 2.20. The highest BCUT2D eigenvalue weighted by atomic mass is 16.3. The van der Waals surface area contributed by atoms with Gasteiger partial charge in [0.15, 0.2) is 11.5 Å². The molecule has 7 nitrogen and oxygen atoms in total. The molecule has 0 bridgehead atoms. The molecule has 2 heterocycles. The molecule has 0 saturated carbocycles. The van der Waals surface area contributed by atoms with Crippen LogP contribution in [0.4, 0.5) is 5.82 Å². The molecule has 1 N–H and O–H groups in total. The second-order valence-electron chi connectivity index (χ2n) is 5.77. The number of furan rings is 1. The van der Waals surface area contributed by atoms with Crippen molar-refractivity contribution in [3.63, 3.8) is 0 Å². The minimum absolute atomic E-state index is 0.189. The average Bonchev–Trinajstić information content (AvgIpc) is 3.30. The first-order valence-electron chi connectivity index (χ1n) is 8.30. The van der Waals surface area contributed by atoms with Gasteiger partial charge in [0.05, 0.1) is 6.26 Å². The van der Waals surface area contributed by atoms with E-state index in [0.29, 0.717) is 18.9 Å². The van der Waals surface area contributed by atoms with Crippen molar-refractivity contribution >= 4 is 17.6 Å². The minimum atomic E-state index is -0.395. The standard InChI is InChI=1S/C19H20N4O3/c1-3-23(13-14-8-5-4-6-9-14)19(25)15-12-17(22(2)21-15)20-18(24)16-10-7-11-26-16/h4-12H,3,13H2,1-2H3,(H,20,24). The number of nitrogens with zero attached hydrogens (tertiary/aromatic N) is 3. The molecule has 7 heteroatoms. The van der Waals surface area contributed by atoms with E-state index >= 15 is 0 Å². The molecule has 0 fully saturated rings. The fourth-order valence-corrected chi connectivity index (χ4v) is 2.57. The van der Waals surface area contributed by atoms with Crippen LogP contribution >= 0.6 is 0 Å². The van der Waals surface area contributed by atoms with Crippen LogP contribution < -0.4 is 5.32 Å². The summed E-state index contributed by atoms with van der Waals surface area (Å²) in [6.07, 6.45) is 1.43. The predicted molar refractivity (Wildman–Crippen MR) is 96.7 cm³/mol. The van der Waals surface area contributed by atoms with Crippen molar-refractivity contribution in [2.24, 2.45) is 7.05 Å². The second-order valence-corrected chi connectivity index (χ2v) is 5.77. The summed E-state index contributed by atoms with van der Waals surface area (Å²) in [6, 6.07) is 14.5. The third-order valence-corrected chi connectivity index (χ3v) is 3.97. The van der Waals surface area contributed by atoms with E-state index in [0.717, 1.165) is 5.56 Å². The molecule has 2 amide bonds. The Kier molecular flexibility index (Phi) is 5.17. The zero-order chi connectivity index (χ0) is 18.5. The molecule has 0 radical (unpaired) electrons. The molecule has 0 unspecified atom stereocenters. The van der Waals surface area contributed by atoms with Gasteiger partial charge in [-0.05, 0) is 24.6 Å². The summed E-state index contributed by atoms with van der Waals surface area (Å²) in [5.41, 5.74) is 1.32. The molecule has 134 valence electrons.